The number of amides is 1. The van der Waals surface area contributed by atoms with Crippen LogP contribution in [-0.4, -0.2) is 40.9 Å². The van der Waals surface area contributed by atoms with Crippen LogP contribution in [0.25, 0.3) is 11.4 Å². The molecular weight excluding hydrogens is 379 g/mol. The van der Waals surface area contributed by atoms with Gasteiger partial charge in [-0.1, -0.05) is 42.8 Å². The van der Waals surface area contributed by atoms with Crippen LogP contribution in [0, 0.1) is 0 Å². The standard InChI is InChI=1S/C18H22F3N3O4/c1-4-5-10-27-24(16(25)12(2)26-3)11-13-6-8-14(9-7-13)15-22-17(28-23-15)18(19,20)21/h6-9,12H,4-5,10-11H2,1-3H3. The maximum Gasteiger partial charge on any atom is 0.471 e. The predicted molar refractivity (Wildman–Crippen MR) is 92.6 cm³/mol. The number of nitrogens with zero attached hydrogens (tertiary/aromatic N) is 3. The van der Waals surface area contributed by atoms with Gasteiger partial charge in [0.2, 0.25) is 5.82 Å². The molecule has 1 amide bonds. The van der Waals surface area contributed by atoms with Crippen molar-refractivity contribution in [1.82, 2.24) is 15.2 Å². The van der Waals surface area contributed by atoms with Crippen molar-refractivity contribution in [2.24, 2.45) is 0 Å². The zero-order valence-corrected chi connectivity index (χ0v) is 15.8. The molecule has 28 heavy (non-hydrogen) atoms. The molecule has 0 spiro atoms. The van der Waals surface area contributed by atoms with E-state index in [2.05, 4.69) is 14.7 Å². The van der Waals surface area contributed by atoms with Crippen LogP contribution >= 0.6 is 0 Å². The number of unbranched alkanes of at least 4 members (excludes halogenated alkanes) is 1. The minimum absolute atomic E-state index is 0.163. The van der Waals surface area contributed by atoms with Gasteiger partial charge in [-0.3, -0.25) is 9.63 Å². The Morgan fingerprint density at radius 1 is 1.29 bits per heavy atom. The summed E-state index contributed by atoms with van der Waals surface area (Å²) in [7, 11) is 1.43. The highest BCUT2D eigenvalue weighted by Crippen LogP contribution is 2.29. The summed E-state index contributed by atoms with van der Waals surface area (Å²) in [5, 5.41) is 4.58. The Bertz CT molecular complexity index is 762. The summed E-state index contributed by atoms with van der Waals surface area (Å²) in [6.07, 6.45) is -3.65. The van der Waals surface area contributed by atoms with E-state index < -0.39 is 18.2 Å². The van der Waals surface area contributed by atoms with Gasteiger partial charge in [0.05, 0.1) is 13.2 Å². The van der Waals surface area contributed by atoms with Gasteiger partial charge in [-0.2, -0.15) is 18.2 Å². The molecule has 0 aliphatic carbocycles. The lowest BCUT2D eigenvalue weighted by atomic mass is 10.1. The van der Waals surface area contributed by atoms with E-state index in [0.29, 0.717) is 12.2 Å². The molecule has 0 N–H and O–H groups in total. The Hall–Kier alpha value is -2.46. The smallest absolute Gasteiger partial charge is 0.372 e. The highest BCUT2D eigenvalue weighted by Gasteiger charge is 2.38. The van der Waals surface area contributed by atoms with Gasteiger partial charge >= 0.3 is 12.1 Å². The normalized spacial score (nSPS) is 12.8. The minimum Gasteiger partial charge on any atom is -0.372 e. The fourth-order valence-electron chi connectivity index (χ4n) is 2.19. The Kier molecular flexibility index (Phi) is 7.53. The monoisotopic (exact) mass is 401 g/mol. The number of ether oxygens (including phenoxy) is 1. The number of methoxy groups -OCH3 is 1. The van der Waals surface area contributed by atoms with E-state index in [4.69, 9.17) is 9.57 Å². The lowest BCUT2D eigenvalue weighted by molar-refractivity contribution is -0.199. The number of rotatable bonds is 9. The second-order valence-corrected chi connectivity index (χ2v) is 6.06. The second-order valence-electron chi connectivity index (χ2n) is 6.06. The summed E-state index contributed by atoms with van der Waals surface area (Å²) >= 11 is 0. The van der Waals surface area contributed by atoms with Crippen LogP contribution in [0.4, 0.5) is 13.2 Å². The molecule has 0 aliphatic heterocycles. The molecule has 1 heterocycles. The first-order chi connectivity index (χ1) is 13.3. The zero-order valence-electron chi connectivity index (χ0n) is 15.8. The third-order valence-corrected chi connectivity index (χ3v) is 3.90. The van der Waals surface area contributed by atoms with Crippen molar-refractivity contribution in [3.63, 3.8) is 0 Å². The summed E-state index contributed by atoms with van der Waals surface area (Å²) in [6, 6.07) is 6.41. The summed E-state index contributed by atoms with van der Waals surface area (Å²) in [5.41, 5.74) is 1.08. The van der Waals surface area contributed by atoms with Crippen molar-refractivity contribution < 1.29 is 32.1 Å². The second kappa shape index (κ2) is 9.65. The number of carbonyl (C=O) groups is 1. The molecule has 2 aromatic rings. The van der Waals surface area contributed by atoms with Gasteiger partial charge in [0.1, 0.15) is 6.10 Å². The van der Waals surface area contributed by atoms with Crippen LogP contribution in [0.2, 0.25) is 0 Å². The molecule has 0 saturated heterocycles. The van der Waals surface area contributed by atoms with Gasteiger partial charge < -0.3 is 9.26 Å². The Morgan fingerprint density at radius 3 is 2.50 bits per heavy atom. The maximum atomic E-state index is 12.6. The number of alkyl halides is 3. The van der Waals surface area contributed by atoms with Gasteiger partial charge in [0.25, 0.3) is 5.91 Å². The van der Waals surface area contributed by atoms with Gasteiger partial charge in [-0.15, -0.1) is 0 Å². The predicted octanol–water partition coefficient (Wildman–Crippen LogP) is 3.85. The van der Waals surface area contributed by atoms with Crippen molar-refractivity contribution >= 4 is 5.91 Å². The molecule has 0 radical (unpaired) electrons. The number of aromatic nitrogens is 2. The third-order valence-electron chi connectivity index (χ3n) is 3.90. The molecule has 7 nitrogen and oxygen atoms in total. The number of halogens is 3. The lowest BCUT2D eigenvalue weighted by Crippen LogP contribution is -2.38. The molecule has 1 aromatic carbocycles. The van der Waals surface area contributed by atoms with Crippen LogP contribution in [0.5, 0.6) is 0 Å². The van der Waals surface area contributed by atoms with E-state index in [-0.39, 0.29) is 18.3 Å². The molecule has 0 bridgehead atoms. The topological polar surface area (TPSA) is 77.7 Å². The largest absolute Gasteiger partial charge is 0.471 e. The van der Waals surface area contributed by atoms with Crippen LogP contribution in [-0.2, 0) is 27.1 Å². The van der Waals surface area contributed by atoms with Gasteiger partial charge in [0.15, 0.2) is 0 Å². The number of hydrogen-bond donors (Lipinski definition) is 0. The lowest BCUT2D eigenvalue weighted by Gasteiger charge is -2.24. The Morgan fingerprint density at radius 2 is 1.96 bits per heavy atom. The van der Waals surface area contributed by atoms with E-state index >= 15 is 0 Å². The fourth-order valence-corrected chi connectivity index (χ4v) is 2.19. The average molecular weight is 401 g/mol. The van der Waals surface area contributed by atoms with E-state index in [1.54, 1.807) is 31.2 Å². The summed E-state index contributed by atoms with van der Waals surface area (Å²) in [6.45, 7) is 4.18. The van der Waals surface area contributed by atoms with Crippen LogP contribution in [0.3, 0.4) is 0 Å². The first-order valence-electron chi connectivity index (χ1n) is 8.73. The van der Waals surface area contributed by atoms with E-state index in [1.807, 2.05) is 6.92 Å². The van der Waals surface area contributed by atoms with Gasteiger partial charge in [-0.25, -0.2) is 5.06 Å². The van der Waals surface area contributed by atoms with Gasteiger partial charge in [0, 0.05) is 12.7 Å². The average Bonchev–Trinajstić information content (AvgIpc) is 3.17. The Labute approximate surface area is 160 Å². The van der Waals surface area contributed by atoms with Crippen LogP contribution in [0.15, 0.2) is 28.8 Å². The van der Waals surface area contributed by atoms with E-state index in [1.165, 1.54) is 12.2 Å². The molecule has 10 heteroatoms. The highest BCUT2D eigenvalue weighted by atomic mass is 19.4. The van der Waals surface area contributed by atoms with E-state index in [9.17, 15) is 18.0 Å². The molecule has 1 atom stereocenters. The maximum absolute atomic E-state index is 12.6. The van der Waals surface area contributed by atoms with Crippen molar-refractivity contribution in [3.05, 3.63) is 35.7 Å². The van der Waals surface area contributed by atoms with Crippen LogP contribution < -0.4 is 0 Å². The zero-order chi connectivity index (χ0) is 20.7. The van der Waals surface area contributed by atoms with Crippen molar-refractivity contribution in [1.29, 1.82) is 0 Å². The molecule has 154 valence electrons. The number of benzene rings is 1. The molecule has 0 aliphatic rings. The number of carbonyl (C=O) groups excluding carboxylic acids is 1. The third kappa shape index (κ3) is 5.77. The van der Waals surface area contributed by atoms with Crippen molar-refractivity contribution in [2.75, 3.05) is 13.7 Å². The highest BCUT2D eigenvalue weighted by molar-refractivity contribution is 5.79. The molecule has 0 fully saturated rings. The van der Waals surface area contributed by atoms with Crippen molar-refractivity contribution in [2.45, 2.75) is 45.5 Å². The van der Waals surface area contributed by atoms with E-state index in [0.717, 1.165) is 18.4 Å². The molecule has 0 saturated carbocycles. The number of hydrogen-bond acceptors (Lipinski definition) is 6. The molecule has 1 aromatic heterocycles. The number of hydroxylamine groups is 2. The Balaban J connectivity index is 2.11. The molecule has 1 unspecified atom stereocenters. The first-order valence-corrected chi connectivity index (χ1v) is 8.73. The SMILES string of the molecule is CCCCON(Cc1ccc(-c2noc(C(F)(F)F)n2)cc1)C(=O)C(C)OC. The minimum atomic E-state index is -4.69. The summed E-state index contributed by atoms with van der Waals surface area (Å²) < 4.78 is 47.0. The van der Waals surface area contributed by atoms with Gasteiger partial charge in [-0.05, 0) is 18.9 Å². The quantitative estimate of drug-likeness (QED) is 0.469. The molecule has 2 rings (SSSR count). The molecular formula is C18H22F3N3O4. The first kappa shape index (κ1) is 21.8. The summed E-state index contributed by atoms with van der Waals surface area (Å²) in [5.74, 6) is -1.89. The van der Waals surface area contributed by atoms with Crippen molar-refractivity contribution in [3.8, 4) is 11.4 Å². The van der Waals surface area contributed by atoms with Crippen LogP contribution in [0.1, 0.15) is 38.1 Å². The summed E-state index contributed by atoms with van der Waals surface area (Å²) in [4.78, 5) is 21.3. The fraction of sp³-hybridized carbons (Fsp3) is 0.500.